The number of nitrogens with zero attached hydrogens (tertiary/aromatic N) is 3. The van der Waals surface area contributed by atoms with E-state index in [1.54, 1.807) is 24.3 Å². The highest BCUT2D eigenvalue weighted by molar-refractivity contribution is 7.99. The molecule has 0 bridgehead atoms. The molecule has 31 heavy (non-hydrogen) atoms. The predicted molar refractivity (Wildman–Crippen MR) is 119 cm³/mol. The Kier molecular flexibility index (Phi) is 5.74. The van der Waals surface area contributed by atoms with Crippen molar-refractivity contribution in [2.75, 3.05) is 0 Å². The molecule has 0 saturated heterocycles. The van der Waals surface area contributed by atoms with E-state index < -0.39 is 26.3 Å². The molecule has 0 N–H and O–H groups in total. The molecule has 0 radical (unpaired) electrons. The van der Waals surface area contributed by atoms with Gasteiger partial charge in [0.05, 0.1) is 14.8 Å². The van der Waals surface area contributed by atoms with Crippen LogP contribution in [0.5, 0.6) is 0 Å². The average molecular weight is 474 g/mol. The van der Waals surface area contributed by atoms with E-state index >= 15 is 0 Å². The summed E-state index contributed by atoms with van der Waals surface area (Å²) in [6, 6.07) is 17.2. The van der Waals surface area contributed by atoms with Crippen LogP contribution in [0.3, 0.4) is 0 Å². The molecule has 0 aliphatic rings. The number of benzene rings is 2. The van der Waals surface area contributed by atoms with Gasteiger partial charge in [-0.1, -0.05) is 59.3 Å². The summed E-state index contributed by atoms with van der Waals surface area (Å²) in [5.41, 5.74) is 1.20. The van der Waals surface area contributed by atoms with E-state index in [2.05, 4.69) is 4.98 Å². The Labute approximate surface area is 187 Å². The summed E-state index contributed by atoms with van der Waals surface area (Å²) in [7, 11) is -3.82. The number of halogens is 1. The van der Waals surface area contributed by atoms with Crippen molar-refractivity contribution in [3.63, 3.8) is 0 Å². The highest BCUT2D eigenvalue weighted by atomic mass is 35.5. The lowest BCUT2D eigenvalue weighted by Crippen LogP contribution is -2.07. The van der Waals surface area contributed by atoms with E-state index in [0.717, 1.165) is 10.5 Å². The number of imidazole rings is 1. The third-order valence-electron chi connectivity index (χ3n) is 4.52. The highest BCUT2D eigenvalue weighted by Gasteiger charge is 2.29. The molecule has 158 valence electrons. The number of rotatable bonds is 6. The fourth-order valence-electron chi connectivity index (χ4n) is 3.18. The van der Waals surface area contributed by atoms with Crippen LogP contribution in [-0.2, 0) is 15.6 Å². The number of aryl methyl sites for hydroxylation is 1. The van der Waals surface area contributed by atoms with E-state index in [4.69, 9.17) is 11.6 Å². The smallest absolute Gasteiger partial charge is 0.352 e. The summed E-state index contributed by atoms with van der Waals surface area (Å²) in [6.07, 6.45) is 1.38. The molecule has 0 unspecified atom stereocenters. The summed E-state index contributed by atoms with van der Waals surface area (Å²) in [4.78, 5) is 17.2. The number of hydrogen-bond donors (Lipinski definition) is 0. The summed E-state index contributed by atoms with van der Waals surface area (Å²) in [5, 5.41) is 12.1. The van der Waals surface area contributed by atoms with E-state index in [-0.39, 0.29) is 21.3 Å². The second kappa shape index (κ2) is 8.33. The van der Waals surface area contributed by atoms with Gasteiger partial charge in [-0.25, -0.2) is 13.4 Å². The van der Waals surface area contributed by atoms with E-state index in [9.17, 15) is 18.5 Å². The monoisotopic (exact) mass is 473 g/mol. The molecule has 4 aromatic rings. The van der Waals surface area contributed by atoms with E-state index in [1.165, 1.54) is 34.5 Å². The van der Waals surface area contributed by atoms with Crippen molar-refractivity contribution in [2.24, 2.45) is 0 Å². The Morgan fingerprint density at radius 2 is 1.87 bits per heavy atom. The summed E-state index contributed by atoms with van der Waals surface area (Å²) in [5.74, 6) is -1.01. The van der Waals surface area contributed by atoms with Crippen LogP contribution < -0.4 is 0 Å². The summed E-state index contributed by atoms with van der Waals surface area (Å²) in [6.45, 7) is 1.96. The minimum Gasteiger partial charge on any atom is -0.358 e. The number of sulfone groups is 1. The van der Waals surface area contributed by atoms with Crippen LogP contribution in [0.1, 0.15) is 11.3 Å². The molecule has 0 atom stereocenters. The summed E-state index contributed by atoms with van der Waals surface area (Å²) >= 11 is 7.59. The second-order valence-corrected chi connectivity index (χ2v) is 10.4. The van der Waals surface area contributed by atoms with E-state index in [0.29, 0.717) is 4.90 Å². The fraction of sp³-hybridized carbons (Fsp3) is 0.0952. The Morgan fingerprint density at radius 3 is 2.55 bits per heavy atom. The van der Waals surface area contributed by atoms with Gasteiger partial charge in [0, 0.05) is 4.90 Å². The first-order valence-electron chi connectivity index (χ1n) is 9.12. The first-order chi connectivity index (χ1) is 14.7. The first kappa shape index (κ1) is 21.4. The minimum atomic E-state index is -3.82. The van der Waals surface area contributed by atoms with Gasteiger partial charge in [-0.3, -0.25) is 0 Å². The van der Waals surface area contributed by atoms with Crippen molar-refractivity contribution < 1.29 is 13.3 Å². The van der Waals surface area contributed by atoms with Crippen molar-refractivity contribution in [1.29, 1.82) is 0 Å². The highest BCUT2D eigenvalue weighted by Crippen LogP contribution is 2.36. The zero-order chi connectivity index (χ0) is 22.2. The van der Waals surface area contributed by atoms with Gasteiger partial charge in [-0.05, 0) is 42.2 Å². The third kappa shape index (κ3) is 4.43. The molecule has 0 aliphatic carbocycles. The van der Waals surface area contributed by atoms with E-state index in [1.807, 2.05) is 31.2 Å². The first-order valence-corrected chi connectivity index (χ1v) is 12.0. The minimum absolute atomic E-state index is 0.0775. The predicted octanol–water partition coefficient (Wildman–Crippen LogP) is 5.33. The SMILES string of the molecule is Cc1cccc(Sc2cc(Cl)cn3c([N+](=O)[O-])c(CS(=O)(=O)c4ccccc4)nc23)c1. The second-order valence-electron chi connectivity index (χ2n) is 6.85. The fourth-order valence-corrected chi connectivity index (χ4v) is 5.81. The van der Waals surface area contributed by atoms with Gasteiger partial charge in [-0.2, -0.15) is 4.40 Å². The van der Waals surface area contributed by atoms with Gasteiger partial charge in [0.2, 0.25) is 5.65 Å². The maximum Gasteiger partial charge on any atom is 0.352 e. The van der Waals surface area contributed by atoms with Gasteiger partial charge >= 0.3 is 5.82 Å². The molecule has 2 aromatic carbocycles. The molecule has 0 aliphatic heterocycles. The lowest BCUT2D eigenvalue weighted by Gasteiger charge is -2.04. The Morgan fingerprint density at radius 1 is 1.13 bits per heavy atom. The lowest BCUT2D eigenvalue weighted by atomic mass is 10.2. The van der Waals surface area contributed by atoms with Crippen LogP contribution in [0, 0.1) is 17.0 Å². The van der Waals surface area contributed by atoms with Crippen molar-refractivity contribution in [1.82, 2.24) is 9.38 Å². The standard InChI is InChI=1S/C21H16ClN3O4S2/c1-14-6-5-7-16(10-14)30-19-11-15(22)12-24-20(19)23-18(21(24)25(26)27)13-31(28,29)17-8-3-2-4-9-17/h2-12H,13H2,1H3. The van der Waals surface area contributed by atoms with Gasteiger partial charge in [0.1, 0.15) is 11.9 Å². The maximum absolute atomic E-state index is 12.8. The maximum atomic E-state index is 12.8. The van der Waals surface area contributed by atoms with Crippen LogP contribution in [0.2, 0.25) is 5.02 Å². The zero-order valence-electron chi connectivity index (χ0n) is 16.2. The number of hydrogen-bond acceptors (Lipinski definition) is 6. The number of aromatic nitrogens is 2. The molecular formula is C21H16ClN3O4S2. The molecule has 4 rings (SSSR count). The average Bonchev–Trinajstić information content (AvgIpc) is 3.06. The van der Waals surface area contributed by atoms with Gasteiger partial charge in [0.25, 0.3) is 0 Å². The Balaban J connectivity index is 1.85. The molecule has 2 heterocycles. The van der Waals surface area contributed by atoms with Gasteiger partial charge in [-0.15, -0.1) is 0 Å². The van der Waals surface area contributed by atoms with Gasteiger partial charge < -0.3 is 10.1 Å². The summed E-state index contributed by atoms with van der Waals surface area (Å²) < 4.78 is 26.9. The Hall–Kier alpha value is -2.88. The number of pyridine rings is 1. The number of nitro groups is 1. The van der Waals surface area contributed by atoms with Crippen LogP contribution in [0.25, 0.3) is 5.65 Å². The van der Waals surface area contributed by atoms with Crippen LogP contribution >= 0.6 is 23.4 Å². The lowest BCUT2D eigenvalue weighted by molar-refractivity contribution is -0.391. The van der Waals surface area contributed by atoms with Crippen LogP contribution in [-0.4, -0.2) is 22.7 Å². The van der Waals surface area contributed by atoms with Crippen molar-refractivity contribution in [3.05, 3.63) is 93.3 Å². The Bertz CT molecular complexity index is 1400. The molecule has 0 amide bonds. The normalized spacial score (nSPS) is 11.7. The van der Waals surface area contributed by atoms with Gasteiger partial charge in [0.15, 0.2) is 15.5 Å². The molecular weight excluding hydrogens is 458 g/mol. The molecule has 0 saturated carbocycles. The molecule has 7 nitrogen and oxygen atoms in total. The molecule has 0 spiro atoms. The molecule has 0 fully saturated rings. The molecule has 2 aromatic heterocycles. The van der Waals surface area contributed by atoms with Crippen LogP contribution in [0.4, 0.5) is 5.82 Å². The van der Waals surface area contributed by atoms with Crippen molar-refractivity contribution in [2.45, 2.75) is 27.4 Å². The number of fused-ring (bicyclic) bond motifs is 1. The van der Waals surface area contributed by atoms with Crippen LogP contribution in [0.15, 0.2) is 81.5 Å². The quantitative estimate of drug-likeness (QED) is 0.277. The largest absolute Gasteiger partial charge is 0.358 e. The molecule has 10 heteroatoms. The topological polar surface area (TPSA) is 94.6 Å². The van der Waals surface area contributed by atoms with Crippen molar-refractivity contribution >= 4 is 44.7 Å². The van der Waals surface area contributed by atoms with Crippen molar-refractivity contribution in [3.8, 4) is 0 Å². The third-order valence-corrected chi connectivity index (χ3v) is 7.38. The zero-order valence-corrected chi connectivity index (χ0v) is 18.6.